The van der Waals surface area contributed by atoms with Gasteiger partial charge < -0.3 is 5.32 Å². The Morgan fingerprint density at radius 3 is 2.59 bits per heavy atom. The number of nitrogens with one attached hydrogen (secondary N) is 2. The van der Waals surface area contributed by atoms with E-state index in [-0.39, 0.29) is 16.8 Å². The molecule has 0 aliphatic carbocycles. The molecule has 2 N–H and O–H groups in total. The smallest absolute Gasteiger partial charge is 0.243 e. The molecular formula is C22H19ClN4O3S2. The summed E-state index contributed by atoms with van der Waals surface area (Å²) in [5.74, 6) is -0.522. The Bertz CT molecular complexity index is 1370. The summed E-state index contributed by atoms with van der Waals surface area (Å²) in [7, 11) is -4.07. The first-order chi connectivity index (χ1) is 15.3. The van der Waals surface area contributed by atoms with E-state index in [1.807, 2.05) is 43.3 Å². The van der Waals surface area contributed by atoms with Crippen LogP contribution in [0.1, 0.15) is 11.1 Å². The molecule has 0 saturated carbocycles. The van der Waals surface area contributed by atoms with E-state index in [4.69, 9.17) is 11.6 Å². The number of carbonyl (C=O) groups excluding carboxylic acids is 1. The molecule has 0 saturated heterocycles. The summed E-state index contributed by atoms with van der Waals surface area (Å²) in [6, 6.07) is 18.0. The van der Waals surface area contributed by atoms with E-state index >= 15 is 0 Å². The number of rotatable bonds is 7. The van der Waals surface area contributed by atoms with Gasteiger partial charge in [0.05, 0.1) is 22.4 Å². The standard InChI is InChI=1S/C22H19ClN4O3S2/c1-14-10-11-17(16(23)12-14)24-22(28)19(13-15-6-3-2-4-7-15)27-32(29,30)20-9-5-8-18-21(20)26-31-25-18/h2-12,19,27H,13H2,1H3,(H,24,28)/t19-/m0/s1. The van der Waals surface area contributed by atoms with E-state index in [0.29, 0.717) is 16.2 Å². The van der Waals surface area contributed by atoms with Crippen LogP contribution in [0.2, 0.25) is 5.02 Å². The third kappa shape index (κ3) is 4.97. The Labute approximate surface area is 194 Å². The van der Waals surface area contributed by atoms with Crippen molar-refractivity contribution in [3.63, 3.8) is 0 Å². The summed E-state index contributed by atoms with van der Waals surface area (Å²) < 4.78 is 37.2. The zero-order valence-corrected chi connectivity index (χ0v) is 19.3. The number of nitrogens with zero attached hydrogens (tertiary/aromatic N) is 2. The molecular weight excluding hydrogens is 468 g/mol. The molecule has 4 rings (SSSR count). The number of sulfonamides is 1. The van der Waals surface area contributed by atoms with Gasteiger partial charge in [-0.25, -0.2) is 8.42 Å². The zero-order chi connectivity index (χ0) is 22.7. The zero-order valence-electron chi connectivity index (χ0n) is 16.9. The monoisotopic (exact) mass is 486 g/mol. The van der Waals surface area contributed by atoms with Crippen molar-refractivity contribution >= 4 is 56.0 Å². The van der Waals surface area contributed by atoms with Crippen LogP contribution in [0, 0.1) is 6.92 Å². The van der Waals surface area contributed by atoms with Crippen molar-refractivity contribution in [1.82, 2.24) is 13.5 Å². The van der Waals surface area contributed by atoms with Gasteiger partial charge >= 0.3 is 0 Å². The normalized spacial score (nSPS) is 12.6. The van der Waals surface area contributed by atoms with Crippen LogP contribution in [0.3, 0.4) is 0 Å². The number of carbonyl (C=O) groups is 1. The molecule has 164 valence electrons. The average molecular weight is 487 g/mol. The quantitative estimate of drug-likeness (QED) is 0.408. The molecule has 0 fully saturated rings. The SMILES string of the molecule is Cc1ccc(NC(=O)[C@H](Cc2ccccc2)NS(=O)(=O)c2cccc3nsnc23)c(Cl)c1. The van der Waals surface area contributed by atoms with Crippen molar-refractivity contribution in [2.24, 2.45) is 0 Å². The van der Waals surface area contributed by atoms with Crippen LogP contribution in [0.25, 0.3) is 11.0 Å². The van der Waals surface area contributed by atoms with Crippen molar-refractivity contribution in [3.8, 4) is 0 Å². The van der Waals surface area contributed by atoms with Crippen LogP contribution in [-0.2, 0) is 21.2 Å². The van der Waals surface area contributed by atoms with Crippen LogP contribution >= 0.6 is 23.3 Å². The van der Waals surface area contributed by atoms with Gasteiger partial charge in [0.1, 0.15) is 22.0 Å². The first-order valence-corrected chi connectivity index (χ1v) is 12.3. The lowest BCUT2D eigenvalue weighted by Crippen LogP contribution is -2.45. The maximum absolute atomic E-state index is 13.2. The molecule has 0 aliphatic rings. The lowest BCUT2D eigenvalue weighted by molar-refractivity contribution is -0.117. The van der Waals surface area contributed by atoms with Crippen LogP contribution < -0.4 is 10.0 Å². The summed E-state index contributed by atoms with van der Waals surface area (Å²) in [5.41, 5.74) is 2.91. The lowest BCUT2D eigenvalue weighted by Gasteiger charge is -2.19. The van der Waals surface area contributed by atoms with Gasteiger partial charge in [0, 0.05) is 0 Å². The molecule has 7 nitrogen and oxygen atoms in total. The maximum atomic E-state index is 13.2. The fraction of sp³-hybridized carbons (Fsp3) is 0.136. The topological polar surface area (TPSA) is 101 Å². The van der Waals surface area contributed by atoms with Crippen molar-refractivity contribution in [3.05, 3.63) is 82.9 Å². The number of amides is 1. The van der Waals surface area contributed by atoms with Gasteiger partial charge in [0.2, 0.25) is 15.9 Å². The van der Waals surface area contributed by atoms with E-state index in [9.17, 15) is 13.2 Å². The third-order valence-corrected chi connectivity index (χ3v) is 7.18. The number of aryl methyl sites for hydroxylation is 1. The Hall–Kier alpha value is -2.85. The number of fused-ring (bicyclic) bond motifs is 1. The molecule has 0 spiro atoms. The summed E-state index contributed by atoms with van der Waals surface area (Å²) in [4.78, 5) is 13.1. The maximum Gasteiger partial charge on any atom is 0.243 e. The molecule has 0 unspecified atom stereocenters. The van der Waals surface area contributed by atoms with Gasteiger partial charge in [-0.1, -0.05) is 54.1 Å². The van der Waals surface area contributed by atoms with Crippen molar-refractivity contribution in [2.75, 3.05) is 5.32 Å². The number of benzene rings is 3. The number of hydrogen-bond acceptors (Lipinski definition) is 6. The molecule has 3 aromatic carbocycles. The van der Waals surface area contributed by atoms with E-state index < -0.39 is 22.0 Å². The van der Waals surface area contributed by atoms with Gasteiger partial charge in [-0.05, 0) is 48.7 Å². The van der Waals surface area contributed by atoms with Crippen molar-refractivity contribution < 1.29 is 13.2 Å². The van der Waals surface area contributed by atoms with Gasteiger partial charge in [-0.2, -0.15) is 13.5 Å². The minimum atomic E-state index is -4.07. The van der Waals surface area contributed by atoms with Crippen LogP contribution in [-0.4, -0.2) is 29.1 Å². The fourth-order valence-electron chi connectivity index (χ4n) is 3.23. The molecule has 1 aromatic heterocycles. The largest absolute Gasteiger partial charge is 0.323 e. The highest BCUT2D eigenvalue weighted by molar-refractivity contribution is 7.89. The Kier molecular flexibility index (Phi) is 6.52. The van der Waals surface area contributed by atoms with Crippen LogP contribution in [0.4, 0.5) is 5.69 Å². The summed E-state index contributed by atoms with van der Waals surface area (Å²) in [6.45, 7) is 1.89. The van der Waals surface area contributed by atoms with E-state index in [1.54, 1.807) is 24.3 Å². The first kappa shape index (κ1) is 22.3. The second-order valence-electron chi connectivity index (χ2n) is 7.22. The van der Waals surface area contributed by atoms with E-state index in [1.165, 1.54) is 6.07 Å². The predicted molar refractivity (Wildman–Crippen MR) is 126 cm³/mol. The number of anilines is 1. The molecule has 4 aromatic rings. The molecule has 1 atom stereocenters. The highest BCUT2D eigenvalue weighted by Crippen LogP contribution is 2.24. The first-order valence-electron chi connectivity index (χ1n) is 9.68. The van der Waals surface area contributed by atoms with Crippen LogP contribution in [0.5, 0.6) is 0 Å². The Morgan fingerprint density at radius 2 is 1.84 bits per heavy atom. The molecule has 0 aliphatic heterocycles. The molecule has 32 heavy (non-hydrogen) atoms. The summed E-state index contributed by atoms with van der Waals surface area (Å²) in [5, 5.41) is 3.11. The molecule has 0 radical (unpaired) electrons. The van der Waals surface area contributed by atoms with Gasteiger partial charge in [0.25, 0.3) is 0 Å². The third-order valence-electron chi connectivity index (χ3n) is 4.82. The average Bonchev–Trinajstić information content (AvgIpc) is 3.24. The Balaban J connectivity index is 1.66. The predicted octanol–water partition coefficient (Wildman–Crippen LogP) is 4.18. The second-order valence-corrected chi connectivity index (χ2v) is 9.84. The van der Waals surface area contributed by atoms with E-state index in [0.717, 1.165) is 22.9 Å². The van der Waals surface area contributed by atoms with Gasteiger partial charge in [0.15, 0.2) is 0 Å². The highest BCUT2D eigenvalue weighted by atomic mass is 35.5. The summed E-state index contributed by atoms with van der Waals surface area (Å²) in [6.07, 6.45) is 0.153. The number of halogens is 1. The van der Waals surface area contributed by atoms with Gasteiger partial charge in [-0.3, -0.25) is 4.79 Å². The highest BCUT2D eigenvalue weighted by Gasteiger charge is 2.28. The molecule has 0 bridgehead atoms. The Morgan fingerprint density at radius 1 is 1.06 bits per heavy atom. The van der Waals surface area contributed by atoms with E-state index in [2.05, 4.69) is 18.8 Å². The van der Waals surface area contributed by atoms with Crippen LogP contribution in [0.15, 0.2) is 71.6 Å². The number of hydrogen-bond donors (Lipinski definition) is 2. The minimum absolute atomic E-state index is 0.0250. The minimum Gasteiger partial charge on any atom is -0.323 e. The molecule has 10 heteroatoms. The molecule has 1 amide bonds. The number of aromatic nitrogens is 2. The van der Waals surface area contributed by atoms with Gasteiger partial charge in [-0.15, -0.1) is 0 Å². The van der Waals surface area contributed by atoms with Crippen molar-refractivity contribution in [1.29, 1.82) is 0 Å². The van der Waals surface area contributed by atoms with Crippen molar-refractivity contribution in [2.45, 2.75) is 24.3 Å². The lowest BCUT2D eigenvalue weighted by atomic mass is 10.1. The fourth-order valence-corrected chi connectivity index (χ4v) is 5.47. The summed E-state index contributed by atoms with van der Waals surface area (Å²) >= 11 is 7.18. The second kappa shape index (κ2) is 9.33. The molecule has 1 heterocycles.